The number of aryl methyl sites for hydroxylation is 1. The van der Waals surface area contributed by atoms with Gasteiger partial charge in [0.15, 0.2) is 5.69 Å². The van der Waals surface area contributed by atoms with Crippen LogP contribution in [0.15, 0.2) is 34.9 Å². The molecule has 0 N–H and O–H groups in total. The molecule has 1 aliphatic rings. The third kappa shape index (κ3) is 3.03. The minimum Gasteiger partial charge on any atom is -0.360 e. The molecule has 1 atom stereocenters. The molecular weight excluding hydrogens is 288 g/mol. The summed E-state index contributed by atoms with van der Waals surface area (Å²) in [6.07, 6.45) is 2.83. The highest BCUT2D eigenvalue weighted by atomic mass is 16.5. The van der Waals surface area contributed by atoms with Gasteiger partial charge in [-0.15, -0.1) is 0 Å². The molecule has 1 heterocycles. The van der Waals surface area contributed by atoms with Crippen molar-refractivity contribution in [3.63, 3.8) is 0 Å². The first-order chi connectivity index (χ1) is 10.9. The first-order valence-electron chi connectivity index (χ1n) is 8.18. The molecule has 0 aliphatic heterocycles. The molecule has 0 spiro atoms. The van der Waals surface area contributed by atoms with Crippen LogP contribution in [0.3, 0.4) is 0 Å². The van der Waals surface area contributed by atoms with Crippen molar-refractivity contribution in [2.24, 2.45) is 11.3 Å². The Kier molecular flexibility index (Phi) is 4.00. The summed E-state index contributed by atoms with van der Waals surface area (Å²) >= 11 is 0. The molecule has 4 nitrogen and oxygen atoms in total. The number of para-hydroxylation sites is 1. The summed E-state index contributed by atoms with van der Waals surface area (Å²) in [6.45, 7) is 6.77. The largest absolute Gasteiger partial charge is 0.360 e. The standard InChI is InChI=1S/C19H24N2O2/c1-19(2,3)13-10-11-16-15(12-13)17(20-23-16)18(22)21(4)14-8-6-5-7-9-14/h5-9,13H,10-12H2,1-4H3/t13-/m1/s1. The summed E-state index contributed by atoms with van der Waals surface area (Å²) in [5, 5.41) is 4.09. The van der Waals surface area contributed by atoms with E-state index in [4.69, 9.17) is 4.52 Å². The lowest BCUT2D eigenvalue weighted by molar-refractivity contribution is 0.0983. The smallest absolute Gasteiger partial charge is 0.280 e. The minimum absolute atomic E-state index is 0.101. The monoisotopic (exact) mass is 312 g/mol. The van der Waals surface area contributed by atoms with Gasteiger partial charge in [0.25, 0.3) is 5.91 Å². The van der Waals surface area contributed by atoms with E-state index in [0.29, 0.717) is 11.6 Å². The molecule has 1 aliphatic carbocycles. The average molecular weight is 312 g/mol. The van der Waals surface area contributed by atoms with Gasteiger partial charge in [0.2, 0.25) is 0 Å². The molecule has 4 heteroatoms. The van der Waals surface area contributed by atoms with Crippen molar-refractivity contribution in [3.8, 4) is 0 Å². The van der Waals surface area contributed by atoms with E-state index in [1.54, 1.807) is 11.9 Å². The lowest BCUT2D eigenvalue weighted by Crippen LogP contribution is -2.30. The summed E-state index contributed by atoms with van der Waals surface area (Å²) in [5.41, 5.74) is 2.56. The third-order valence-corrected chi connectivity index (χ3v) is 4.92. The summed E-state index contributed by atoms with van der Waals surface area (Å²) in [5.74, 6) is 1.33. The quantitative estimate of drug-likeness (QED) is 0.838. The Labute approximate surface area is 137 Å². The van der Waals surface area contributed by atoms with Crippen LogP contribution in [-0.4, -0.2) is 18.1 Å². The SMILES string of the molecule is CN(C(=O)c1noc2c1C[C@H](C(C)(C)C)CC2)c1ccccc1. The molecule has 0 unspecified atom stereocenters. The van der Waals surface area contributed by atoms with Crippen molar-refractivity contribution in [2.45, 2.75) is 40.0 Å². The number of aromatic nitrogens is 1. The normalized spacial score (nSPS) is 17.7. The van der Waals surface area contributed by atoms with E-state index in [-0.39, 0.29) is 11.3 Å². The van der Waals surface area contributed by atoms with E-state index in [2.05, 4.69) is 25.9 Å². The maximum atomic E-state index is 12.8. The van der Waals surface area contributed by atoms with Crippen LogP contribution in [0.2, 0.25) is 0 Å². The molecule has 2 aromatic rings. The van der Waals surface area contributed by atoms with Crippen LogP contribution in [0.5, 0.6) is 0 Å². The molecular formula is C19H24N2O2. The second kappa shape index (κ2) is 5.84. The van der Waals surface area contributed by atoms with Gasteiger partial charge in [-0.2, -0.15) is 0 Å². The highest BCUT2D eigenvalue weighted by Gasteiger charge is 2.34. The van der Waals surface area contributed by atoms with Crippen molar-refractivity contribution in [1.82, 2.24) is 5.16 Å². The van der Waals surface area contributed by atoms with E-state index < -0.39 is 0 Å². The van der Waals surface area contributed by atoms with Crippen LogP contribution in [0.4, 0.5) is 5.69 Å². The number of carbonyl (C=O) groups excluding carboxylic acids is 1. The number of nitrogens with zero attached hydrogens (tertiary/aromatic N) is 2. The molecule has 0 saturated carbocycles. The number of fused-ring (bicyclic) bond motifs is 1. The Bertz CT molecular complexity index is 698. The summed E-state index contributed by atoms with van der Waals surface area (Å²) < 4.78 is 5.46. The maximum absolute atomic E-state index is 12.8. The predicted octanol–water partition coefficient (Wildman–Crippen LogP) is 4.10. The van der Waals surface area contributed by atoms with Gasteiger partial charge >= 0.3 is 0 Å². The van der Waals surface area contributed by atoms with Crippen LogP contribution in [0.25, 0.3) is 0 Å². The summed E-state index contributed by atoms with van der Waals surface area (Å²) in [6, 6.07) is 9.62. The van der Waals surface area contributed by atoms with Crippen molar-refractivity contribution in [3.05, 3.63) is 47.3 Å². The number of hydrogen-bond donors (Lipinski definition) is 0. The summed E-state index contributed by atoms with van der Waals surface area (Å²) in [7, 11) is 1.78. The number of hydrogen-bond acceptors (Lipinski definition) is 3. The number of amides is 1. The van der Waals surface area contributed by atoms with Crippen LogP contribution in [0.1, 0.15) is 49.0 Å². The zero-order valence-electron chi connectivity index (χ0n) is 14.3. The van der Waals surface area contributed by atoms with E-state index in [1.807, 2.05) is 30.3 Å². The summed E-state index contributed by atoms with van der Waals surface area (Å²) in [4.78, 5) is 14.5. The van der Waals surface area contributed by atoms with Gasteiger partial charge in [-0.05, 0) is 36.3 Å². The molecule has 3 rings (SSSR count). The van der Waals surface area contributed by atoms with Gasteiger partial charge in [-0.25, -0.2) is 0 Å². The highest BCUT2D eigenvalue weighted by Crippen LogP contribution is 2.38. The number of anilines is 1. The first kappa shape index (κ1) is 15.8. The van der Waals surface area contributed by atoms with Gasteiger partial charge in [0.1, 0.15) is 5.76 Å². The van der Waals surface area contributed by atoms with E-state index in [1.165, 1.54) is 0 Å². The van der Waals surface area contributed by atoms with E-state index in [9.17, 15) is 4.79 Å². The number of rotatable bonds is 2. The lowest BCUT2D eigenvalue weighted by Gasteiger charge is -2.33. The van der Waals surface area contributed by atoms with Crippen molar-refractivity contribution in [2.75, 3.05) is 11.9 Å². The maximum Gasteiger partial charge on any atom is 0.280 e. The molecule has 1 amide bonds. The average Bonchev–Trinajstić information content (AvgIpc) is 2.96. The van der Waals surface area contributed by atoms with E-state index >= 15 is 0 Å². The van der Waals surface area contributed by atoms with Gasteiger partial charge < -0.3 is 9.42 Å². The van der Waals surface area contributed by atoms with Gasteiger partial charge in [0, 0.05) is 24.7 Å². The highest BCUT2D eigenvalue weighted by molar-refractivity contribution is 6.05. The molecule has 1 aromatic heterocycles. The van der Waals surface area contributed by atoms with Gasteiger partial charge in [0.05, 0.1) is 0 Å². The van der Waals surface area contributed by atoms with Crippen LogP contribution < -0.4 is 4.90 Å². The Morgan fingerprint density at radius 2 is 1.96 bits per heavy atom. The van der Waals surface area contributed by atoms with Gasteiger partial charge in [-0.1, -0.05) is 44.1 Å². The number of carbonyl (C=O) groups is 1. The fourth-order valence-electron chi connectivity index (χ4n) is 3.24. The topological polar surface area (TPSA) is 46.3 Å². The van der Waals surface area contributed by atoms with Crippen LogP contribution in [0, 0.1) is 11.3 Å². The molecule has 0 saturated heterocycles. The molecule has 1 aromatic carbocycles. The molecule has 122 valence electrons. The van der Waals surface area contributed by atoms with Crippen LogP contribution in [-0.2, 0) is 12.8 Å². The van der Waals surface area contributed by atoms with Crippen molar-refractivity contribution in [1.29, 1.82) is 0 Å². The predicted molar refractivity (Wildman–Crippen MR) is 90.6 cm³/mol. The minimum atomic E-state index is -0.101. The Morgan fingerprint density at radius 1 is 1.26 bits per heavy atom. The fraction of sp³-hybridized carbons (Fsp3) is 0.474. The van der Waals surface area contributed by atoms with Crippen LogP contribution >= 0.6 is 0 Å². The van der Waals surface area contributed by atoms with Gasteiger partial charge in [-0.3, -0.25) is 4.79 Å². The van der Waals surface area contributed by atoms with Crippen molar-refractivity contribution < 1.29 is 9.32 Å². The van der Waals surface area contributed by atoms with Crippen molar-refractivity contribution >= 4 is 11.6 Å². The Balaban J connectivity index is 1.88. The Morgan fingerprint density at radius 3 is 2.61 bits per heavy atom. The fourth-order valence-corrected chi connectivity index (χ4v) is 3.24. The Hall–Kier alpha value is -2.10. The lowest BCUT2D eigenvalue weighted by atomic mass is 9.71. The zero-order valence-corrected chi connectivity index (χ0v) is 14.3. The molecule has 0 fully saturated rings. The second-order valence-corrected chi connectivity index (χ2v) is 7.44. The molecule has 0 radical (unpaired) electrons. The third-order valence-electron chi connectivity index (χ3n) is 4.92. The number of benzene rings is 1. The molecule has 23 heavy (non-hydrogen) atoms. The first-order valence-corrected chi connectivity index (χ1v) is 8.18. The molecule has 0 bridgehead atoms. The second-order valence-electron chi connectivity index (χ2n) is 7.44. The zero-order chi connectivity index (χ0) is 16.6. The van der Waals surface area contributed by atoms with E-state index in [0.717, 1.165) is 36.3 Å².